The van der Waals surface area contributed by atoms with E-state index in [0.717, 1.165) is 29.3 Å². The van der Waals surface area contributed by atoms with Crippen molar-refractivity contribution in [2.24, 2.45) is 5.92 Å². The number of halogens is 3. The Bertz CT molecular complexity index is 1170. The number of hydrogen-bond donors (Lipinski definition) is 2. The summed E-state index contributed by atoms with van der Waals surface area (Å²) >= 11 is 0. The van der Waals surface area contributed by atoms with Crippen LogP contribution in [-0.2, 0) is 17.5 Å². The molecule has 2 N–H and O–H groups in total. The van der Waals surface area contributed by atoms with Crippen LogP contribution in [-0.4, -0.2) is 43.3 Å². The van der Waals surface area contributed by atoms with Crippen LogP contribution in [0.4, 0.5) is 36.2 Å². The number of rotatable bonds is 7. The third-order valence-corrected chi connectivity index (χ3v) is 6.20. The number of hydrogen-bond acceptors (Lipinski definition) is 6. The van der Waals surface area contributed by atoms with E-state index in [0.29, 0.717) is 37.3 Å². The maximum atomic E-state index is 12.9. The predicted molar refractivity (Wildman–Crippen MR) is 134 cm³/mol. The lowest BCUT2D eigenvalue weighted by Gasteiger charge is -2.31. The van der Waals surface area contributed by atoms with Gasteiger partial charge >= 0.3 is 6.18 Å². The van der Waals surface area contributed by atoms with E-state index >= 15 is 0 Å². The van der Waals surface area contributed by atoms with Gasteiger partial charge in [-0.3, -0.25) is 4.79 Å². The zero-order valence-electron chi connectivity index (χ0n) is 20.2. The molecule has 2 aromatic carbocycles. The molecule has 190 valence electrons. The van der Waals surface area contributed by atoms with Crippen molar-refractivity contribution in [3.63, 3.8) is 0 Å². The Kier molecular flexibility index (Phi) is 7.61. The lowest BCUT2D eigenvalue weighted by molar-refractivity contribution is -0.137. The van der Waals surface area contributed by atoms with E-state index in [1.807, 2.05) is 55.4 Å². The number of piperidine rings is 1. The van der Waals surface area contributed by atoms with E-state index in [9.17, 15) is 18.0 Å². The summed E-state index contributed by atoms with van der Waals surface area (Å²) in [6.45, 7) is 1.36. The van der Waals surface area contributed by atoms with Crippen LogP contribution in [0.25, 0.3) is 0 Å². The number of amides is 1. The highest BCUT2D eigenvalue weighted by Gasteiger charge is 2.30. The van der Waals surface area contributed by atoms with Crippen molar-refractivity contribution in [1.29, 1.82) is 0 Å². The topological polar surface area (TPSA) is 73.4 Å². The average molecular weight is 499 g/mol. The summed E-state index contributed by atoms with van der Waals surface area (Å²) in [5, 5.41) is 14.7. The van der Waals surface area contributed by atoms with E-state index in [4.69, 9.17) is 0 Å². The average Bonchev–Trinajstić information content (AvgIpc) is 2.88. The highest BCUT2D eigenvalue weighted by molar-refractivity contribution is 5.79. The van der Waals surface area contributed by atoms with Gasteiger partial charge in [-0.15, -0.1) is 10.2 Å². The van der Waals surface area contributed by atoms with Crippen molar-refractivity contribution in [3.8, 4) is 0 Å². The molecule has 4 rings (SSSR count). The molecule has 0 aliphatic carbocycles. The minimum Gasteiger partial charge on any atom is -0.378 e. The molecule has 0 radical (unpaired) electrons. The molecule has 1 aromatic heterocycles. The molecule has 10 heteroatoms. The highest BCUT2D eigenvalue weighted by Crippen LogP contribution is 2.29. The number of aromatic nitrogens is 2. The molecule has 2 heterocycles. The van der Waals surface area contributed by atoms with Crippen LogP contribution in [0.5, 0.6) is 0 Å². The lowest BCUT2D eigenvalue weighted by Crippen LogP contribution is -2.40. The van der Waals surface area contributed by atoms with Crippen molar-refractivity contribution in [2.75, 3.05) is 42.3 Å². The van der Waals surface area contributed by atoms with Crippen LogP contribution in [0.15, 0.2) is 60.7 Å². The predicted octanol–water partition coefficient (Wildman–Crippen LogP) is 4.84. The van der Waals surface area contributed by atoms with Gasteiger partial charge in [-0.05, 0) is 60.9 Å². The first-order valence-electron chi connectivity index (χ1n) is 11.8. The summed E-state index contributed by atoms with van der Waals surface area (Å²) < 4.78 is 38.7. The first kappa shape index (κ1) is 25.3. The number of anilines is 4. The molecular weight excluding hydrogens is 469 g/mol. The van der Waals surface area contributed by atoms with Gasteiger partial charge in [0.2, 0.25) is 5.91 Å². The van der Waals surface area contributed by atoms with E-state index in [1.54, 1.807) is 6.07 Å². The Hall–Kier alpha value is -3.82. The second-order valence-corrected chi connectivity index (χ2v) is 9.02. The van der Waals surface area contributed by atoms with Crippen molar-refractivity contribution < 1.29 is 18.0 Å². The number of nitrogens with one attached hydrogen (secondary N) is 2. The molecule has 0 atom stereocenters. The number of carbonyl (C=O) groups is 1. The molecule has 0 spiro atoms. The third-order valence-electron chi connectivity index (χ3n) is 6.20. The fourth-order valence-corrected chi connectivity index (χ4v) is 4.13. The number of benzene rings is 2. The Morgan fingerprint density at radius 2 is 1.78 bits per heavy atom. The van der Waals surface area contributed by atoms with Gasteiger partial charge in [-0.25, -0.2) is 0 Å². The second kappa shape index (κ2) is 10.8. The van der Waals surface area contributed by atoms with E-state index in [2.05, 4.69) is 25.7 Å². The van der Waals surface area contributed by atoms with Gasteiger partial charge in [-0.1, -0.05) is 18.2 Å². The zero-order chi connectivity index (χ0) is 25.7. The fourth-order valence-electron chi connectivity index (χ4n) is 4.13. The maximum absolute atomic E-state index is 12.9. The quantitative estimate of drug-likeness (QED) is 0.486. The Morgan fingerprint density at radius 1 is 1.03 bits per heavy atom. The van der Waals surface area contributed by atoms with E-state index in [1.165, 1.54) is 6.07 Å². The zero-order valence-corrected chi connectivity index (χ0v) is 20.2. The second-order valence-electron chi connectivity index (χ2n) is 9.02. The van der Waals surface area contributed by atoms with Crippen molar-refractivity contribution in [1.82, 2.24) is 15.5 Å². The first-order valence-corrected chi connectivity index (χ1v) is 11.8. The first-order chi connectivity index (χ1) is 17.2. The van der Waals surface area contributed by atoms with Gasteiger partial charge in [0.1, 0.15) is 0 Å². The molecule has 3 aromatic rings. The molecule has 1 aliphatic heterocycles. The van der Waals surface area contributed by atoms with Crippen LogP contribution < -0.4 is 20.4 Å². The Labute approximate surface area is 208 Å². The summed E-state index contributed by atoms with van der Waals surface area (Å²) in [6, 6.07) is 16.8. The van der Waals surface area contributed by atoms with Crippen molar-refractivity contribution in [3.05, 3.63) is 71.8 Å². The summed E-state index contributed by atoms with van der Waals surface area (Å²) in [6.07, 6.45) is -3.14. The van der Waals surface area contributed by atoms with Crippen LogP contribution >= 0.6 is 0 Å². The molecule has 0 bridgehead atoms. The van der Waals surface area contributed by atoms with E-state index < -0.39 is 11.7 Å². The monoisotopic (exact) mass is 498 g/mol. The van der Waals surface area contributed by atoms with Crippen molar-refractivity contribution in [2.45, 2.75) is 25.6 Å². The molecule has 0 saturated carbocycles. The van der Waals surface area contributed by atoms with Gasteiger partial charge in [0.05, 0.1) is 5.56 Å². The van der Waals surface area contributed by atoms with Crippen LogP contribution in [0.3, 0.4) is 0 Å². The van der Waals surface area contributed by atoms with Crippen LogP contribution in [0.2, 0.25) is 0 Å². The van der Waals surface area contributed by atoms with Gasteiger partial charge in [0.15, 0.2) is 11.6 Å². The van der Waals surface area contributed by atoms with Gasteiger partial charge in [0.25, 0.3) is 0 Å². The normalized spacial score (nSPS) is 14.4. The van der Waals surface area contributed by atoms with Crippen LogP contribution in [0, 0.1) is 5.92 Å². The molecule has 1 fully saturated rings. The number of nitrogens with zero attached hydrogens (tertiary/aromatic N) is 4. The molecule has 1 saturated heterocycles. The van der Waals surface area contributed by atoms with Crippen molar-refractivity contribution >= 4 is 28.9 Å². The molecule has 1 amide bonds. The highest BCUT2D eigenvalue weighted by atomic mass is 19.4. The van der Waals surface area contributed by atoms with Crippen LogP contribution in [0.1, 0.15) is 24.0 Å². The minimum atomic E-state index is -4.40. The SMILES string of the molecule is CN(C)c1cccc(Nc2ccc(N3CCC(C(=O)NCc4cccc(C(F)(F)F)c4)CC3)nn2)c1. The number of alkyl halides is 3. The molecule has 36 heavy (non-hydrogen) atoms. The largest absolute Gasteiger partial charge is 0.416 e. The maximum Gasteiger partial charge on any atom is 0.416 e. The third kappa shape index (κ3) is 6.44. The smallest absolute Gasteiger partial charge is 0.378 e. The van der Waals surface area contributed by atoms with E-state index in [-0.39, 0.29) is 18.4 Å². The van der Waals surface area contributed by atoms with Gasteiger partial charge in [0, 0.05) is 51.0 Å². The Balaban J connectivity index is 1.26. The summed E-state index contributed by atoms with van der Waals surface area (Å²) in [5.41, 5.74) is 1.70. The molecule has 7 nitrogen and oxygen atoms in total. The standard InChI is InChI=1S/C26H29F3N6O/c1-34(2)22-8-4-7-21(16-22)31-23-9-10-24(33-32-23)35-13-11-19(12-14-35)25(36)30-17-18-5-3-6-20(15-18)26(27,28)29/h3-10,15-16,19H,11-14,17H2,1-2H3,(H,30,36)(H,31,32). The number of carbonyl (C=O) groups excluding carboxylic acids is 1. The summed E-state index contributed by atoms with van der Waals surface area (Å²) in [4.78, 5) is 16.7. The molecular formula is C26H29F3N6O. The summed E-state index contributed by atoms with van der Waals surface area (Å²) in [5.74, 6) is 1.05. The van der Waals surface area contributed by atoms with Gasteiger partial charge in [-0.2, -0.15) is 13.2 Å². The minimum absolute atomic E-state index is 0.0698. The fraction of sp³-hybridized carbons (Fsp3) is 0.346. The Morgan fingerprint density at radius 3 is 2.44 bits per heavy atom. The summed E-state index contributed by atoms with van der Waals surface area (Å²) in [7, 11) is 3.97. The van der Waals surface area contributed by atoms with Gasteiger partial charge < -0.3 is 20.4 Å². The lowest BCUT2D eigenvalue weighted by atomic mass is 9.96. The molecule has 1 aliphatic rings. The molecule has 0 unspecified atom stereocenters.